The van der Waals surface area contributed by atoms with E-state index < -0.39 is 0 Å². The Bertz CT molecular complexity index is 727. The molecule has 158 valence electrons. The highest BCUT2D eigenvalue weighted by molar-refractivity contribution is 5.79. The van der Waals surface area contributed by atoms with Gasteiger partial charge in [0.05, 0.1) is 25.8 Å². The Labute approximate surface area is 173 Å². The highest BCUT2D eigenvalue weighted by Crippen LogP contribution is 2.12. The third-order valence-corrected chi connectivity index (χ3v) is 4.74. The Morgan fingerprint density at radius 1 is 1.31 bits per heavy atom. The summed E-state index contributed by atoms with van der Waals surface area (Å²) in [5, 5.41) is 11.0. The summed E-state index contributed by atoms with van der Waals surface area (Å²) in [4.78, 5) is 4.71. The van der Waals surface area contributed by atoms with Gasteiger partial charge in [0.2, 0.25) is 0 Å². The Morgan fingerprint density at radius 2 is 2.24 bits per heavy atom. The van der Waals surface area contributed by atoms with Gasteiger partial charge in [-0.3, -0.25) is 4.68 Å². The number of nitrogens with one attached hydrogen (secondary N) is 2. The summed E-state index contributed by atoms with van der Waals surface area (Å²) in [6.07, 6.45) is 7.30. The van der Waals surface area contributed by atoms with Crippen molar-refractivity contribution >= 4 is 5.96 Å². The monoisotopic (exact) mass is 399 g/mol. The molecule has 7 heteroatoms. The summed E-state index contributed by atoms with van der Waals surface area (Å²) in [6.45, 7) is 7.48. The molecule has 0 amide bonds. The maximum atomic E-state index is 5.71. The molecule has 2 heterocycles. The summed E-state index contributed by atoms with van der Waals surface area (Å²) in [6, 6.07) is 10.4. The van der Waals surface area contributed by atoms with Crippen LogP contribution >= 0.6 is 0 Å². The normalized spacial score (nSPS) is 16.9. The molecule has 1 fully saturated rings. The van der Waals surface area contributed by atoms with Crippen molar-refractivity contribution in [1.82, 2.24) is 20.4 Å². The van der Waals surface area contributed by atoms with Crippen LogP contribution < -0.4 is 10.6 Å². The van der Waals surface area contributed by atoms with Crippen molar-refractivity contribution in [1.29, 1.82) is 0 Å². The lowest BCUT2D eigenvalue weighted by molar-refractivity contribution is 0.0168. The highest BCUT2D eigenvalue weighted by Gasteiger charge is 2.14. The second kappa shape index (κ2) is 12.2. The molecule has 0 radical (unpaired) electrons. The minimum Gasteiger partial charge on any atom is -0.379 e. The van der Waals surface area contributed by atoms with Crippen LogP contribution in [0.5, 0.6) is 0 Å². The van der Waals surface area contributed by atoms with Crippen LogP contribution in [0.1, 0.15) is 37.3 Å². The first kappa shape index (κ1) is 21.3. The van der Waals surface area contributed by atoms with Crippen molar-refractivity contribution in [2.24, 2.45) is 4.99 Å². The Kier molecular flexibility index (Phi) is 9.00. The van der Waals surface area contributed by atoms with E-state index in [0.29, 0.717) is 19.3 Å². The molecule has 0 spiro atoms. The molecule has 1 aromatic heterocycles. The largest absolute Gasteiger partial charge is 0.379 e. The van der Waals surface area contributed by atoms with E-state index in [1.54, 1.807) is 6.20 Å². The lowest BCUT2D eigenvalue weighted by Crippen LogP contribution is -2.38. The van der Waals surface area contributed by atoms with Crippen LogP contribution in [0.3, 0.4) is 0 Å². The number of aliphatic imine (C=N–C) groups is 1. The van der Waals surface area contributed by atoms with Crippen molar-refractivity contribution in [2.75, 3.05) is 32.9 Å². The Balaban J connectivity index is 1.40. The molecule has 0 aliphatic carbocycles. The number of nitrogens with zero attached hydrogens (tertiary/aromatic N) is 3. The van der Waals surface area contributed by atoms with Crippen molar-refractivity contribution < 1.29 is 9.47 Å². The van der Waals surface area contributed by atoms with Gasteiger partial charge in [-0.1, -0.05) is 24.3 Å². The summed E-state index contributed by atoms with van der Waals surface area (Å²) < 4.78 is 13.2. The molecule has 3 rings (SSSR count). The van der Waals surface area contributed by atoms with Crippen molar-refractivity contribution in [3.63, 3.8) is 0 Å². The van der Waals surface area contributed by atoms with Crippen molar-refractivity contribution in [3.8, 4) is 0 Å². The van der Waals surface area contributed by atoms with Gasteiger partial charge in [-0.25, -0.2) is 4.99 Å². The molecule has 1 unspecified atom stereocenters. The molecule has 2 aromatic rings. The summed E-state index contributed by atoms with van der Waals surface area (Å²) >= 11 is 0. The number of hydrogen-bond acceptors (Lipinski definition) is 4. The lowest BCUT2D eigenvalue weighted by atomic mass is 10.1. The number of rotatable bonds is 11. The molecule has 1 aliphatic heterocycles. The average Bonchev–Trinajstić information content (AvgIpc) is 3.43. The zero-order valence-electron chi connectivity index (χ0n) is 17.3. The maximum Gasteiger partial charge on any atom is 0.191 e. The fourth-order valence-corrected chi connectivity index (χ4v) is 3.29. The Hall–Kier alpha value is -2.38. The van der Waals surface area contributed by atoms with Crippen LogP contribution in [0.2, 0.25) is 0 Å². The molecule has 7 nitrogen and oxygen atoms in total. The lowest BCUT2D eigenvalue weighted by Gasteiger charge is -2.13. The fraction of sp³-hybridized carbons (Fsp3) is 0.545. The zero-order valence-corrected chi connectivity index (χ0v) is 17.3. The van der Waals surface area contributed by atoms with Gasteiger partial charge in [-0.2, -0.15) is 5.10 Å². The van der Waals surface area contributed by atoms with Crippen LogP contribution in [0.4, 0.5) is 0 Å². The number of ether oxygens (including phenoxy) is 2. The van der Waals surface area contributed by atoms with Gasteiger partial charge in [0.1, 0.15) is 0 Å². The zero-order chi connectivity index (χ0) is 20.2. The molecule has 1 aromatic carbocycles. The average molecular weight is 400 g/mol. The second-order valence-electron chi connectivity index (χ2n) is 7.21. The molecular formula is C22H33N5O2. The molecule has 1 atom stereocenters. The molecule has 29 heavy (non-hydrogen) atoms. The smallest absolute Gasteiger partial charge is 0.191 e. The molecule has 2 N–H and O–H groups in total. The number of hydrogen-bond donors (Lipinski definition) is 2. The van der Waals surface area contributed by atoms with E-state index in [1.807, 2.05) is 16.9 Å². The van der Waals surface area contributed by atoms with Crippen LogP contribution in [-0.2, 0) is 22.6 Å². The molecule has 0 bridgehead atoms. The van der Waals surface area contributed by atoms with Gasteiger partial charge >= 0.3 is 0 Å². The minimum atomic E-state index is 0.297. The first-order valence-corrected chi connectivity index (χ1v) is 10.6. The summed E-state index contributed by atoms with van der Waals surface area (Å²) in [5.41, 5.74) is 2.41. The summed E-state index contributed by atoms with van der Waals surface area (Å²) in [7, 11) is 0. The minimum absolute atomic E-state index is 0.297. The predicted octanol–water partition coefficient (Wildman–Crippen LogP) is 2.57. The first-order valence-electron chi connectivity index (χ1n) is 10.6. The van der Waals surface area contributed by atoms with Gasteiger partial charge in [0, 0.05) is 38.7 Å². The number of benzene rings is 1. The SMILES string of the molecule is CCNC(=NCc1cccc(Cn2cccn2)c1)NCCCOCC1CCCO1. The van der Waals surface area contributed by atoms with Gasteiger partial charge in [-0.05, 0) is 43.4 Å². The van der Waals surface area contributed by atoms with Gasteiger partial charge in [-0.15, -0.1) is 0 Å². The summed E-state index contributed by atoms with van der Waals surface area (Å²) in [5.74, 6) is 0.837. The van der Waals surface area contributed by atoms with E-state index in [0.717, 1.165) is 58.1 Å². The molecular weight excluding hydrogens is 366 g/mol. The van der Waals surface area contributed by atoms with Crippen LogP contribution in [0, 0.1) is 0 Å². The first-order chi connectivity index (χ1) is 14.3. The molecule has 1 aliphatic rings. The highest BCUT2D eigenvalue weighted by atomic mass is 16.5. The van der Waals surface area contributed by atoms with Crippen molar-refractivity contribution in [2.45, 2.75) is 45.4 Å². The fourth-order valence-electron chi connectivity index (χ4n) is 3.29. The van der Waals surface area contributed by atoms with Crippen LogP contribution in [0.25, 0.3) is 0 Å². The second-order valence-corrected chi connectivity index (χ2v) is 7.21. The topological polar surface area (TPSA) is 72.7 Å². The van der Waals surface area contributed by atoms with E-state index in [2.05, 4.69) is 46.9 Å². The maximum absolute atomic E-state index is 5.71. The standard InChI is InChI=1S/C22H33N5O2/c1-2-23-22(24-10-6-13-28-18-21-9-4-14-29-21)25-16-19-7-3-8-20(15-19)17-27-12-5-11-26-27/h3,5,7-8,11-12,15,21H,2,4,6,9-10,13-14,16-18H2,1H3,(H2,23,24,25). The van der Waals surface area contributed by atoms with E-state index >= 15 is 0 Å². The number of aromatic nitrogens is 2. The van der Waals surface area contributed by atoms with Gasteiger partial charge in [0.15, 0.2) is 5.96 Å². The van der Waals surface area contributed by atoms with E-state index in [1.165, 1.54) is 11.1 Å². The Morgan fingerprint density at radius 3 is 3.03 bits per heavy atom. The molecule has 1 saturated heterocycles. The number of guanidine groups is 1. The van der Waals surface area contributed by atoms with Crippen LogP contribution in [-0.4, -0.2) is 54.8 Å². The van der Waals surface area contributed by atoms with Crippen LogP contribution in [0.15, 0.2) is 47.7 Å². The third-order valence-electron chi connectivity index (χ3n) is 4.74. The van der Waals surface area contributed by atoms with Crippen molar-refractivity contribution in [3.05, 3.63) is 53.9 Å². The van der Waals surface area contributed by atoms with E-state index in [9.17, 15) is 0 Å². The predicted molar refractivity (Wildman–Crippen MR) is 115 cm³/mol. The third kappa shape index (κ3) is 7.87. The van der Waals surface area contributed by atoms with Gasteiger partial charge < -0.3 is 20.1 Å². The quantitative estimate of drug-likeness (QED) is 0.345. The molecule has 0 saturated carbocycles. The van der Waals surface area contributed by atoms with E-state index in [4.69, 9.17) is 14.5 Å². The van der Waals surface area contributed by atoms with E-state index in [-0.39, 0.29) is 0 Å². The van der Waals surface area contributed by atoms with Gasteiger partial charge in [0.25, 0.3) is 0 Å².